The van der Waals surface area contributed by atoms with Gasteiger partial charge in [-0.25, -0.2) is 9.97 Å². The molecule has 0 bridgehead atoms. The minimum absolute atomic E-state index is 0.709. The van der Waals surface area contributed by atoms with Gasteiger partial charge in [0, 0.05) is 33.5 Å². The topological polar surface area (TPSA) is 30.7 Å². The van der Waals surface area contributed by atoms with Crippen molar-refractivity contribution >= 4 is 27.8 Å². The quantitative estimate of drug-likeness (QED) is 0.162. The van der Waals surface area contributed by atoms with Crippen LogP contribution in [0.3, 0.4) is 0 Å². The molecule has 0 N–H and O–H groups in total. The molecule has 2 heterocycles. The van der Waals surface area contributed by atoms with Crippen LogP contribution >= 0.6 is 0 Å². The first-order valence-corrected chi connectivity index (χ1v) is 20.4. The fourth-order valence-electron chi connectivity index (χ4n) is 8.90. The summed E-state index contributed by atoms with van der Waals surface area (Å²) in [5.41, 5.74) is 17.3. The minimum Gasteiger partial charge on any atom is -0.310 e. The van der Waals surface area contributed by atoms with Gasteiger partial charge in [0.15, 0.2) is 5.82 Å². The predicted octanol–water partition coefficient (Wildman–Crippen LogP) is 14.5. The summed E-state index contributed by atoms with van der Waals surface area (Å²) in [4.78, 5) is 10.3. The third-order valence-corrected chi connectivity index (χ3v) is 11.7. The average Bonchev–Trinajstić information content (AvgIpc) is 3.67. The van der Waals surface area contributed by atoms with Crippen molar-refractivity contribution in [2.24, 2.45) is 0 Å². The standard InChI is InChI=1S/C56H39N3/c1-4-15-38(16-5-1)39-27-33-42(34-28-39)51-37-52(58-56(57-51)43-17-6-2-7-18-43)49-36-35-45(47-21-10-11-22-48(47)49)40-29-31-41(32-30-40)46-24-14-26-54-55(46)50-23-12-13-25-53(50)59(54)44-19-8-3-9-20-44/h1-11,13-22,24-37H,12,23H2. The van der Waals surface area contributed by atoms with Crippen molar-refractivity contribution in [3.05, 3.63) is 218 Å². The molecule has 0 fully saturated rings. The summed E-state index contributed by atoms with van der Waals surface area (Å²) in [5, 5.41) is 3.70. The monoisotopic (exact) mass is 753 g/mol. The Bertz CT molecular complexity index is 3160. The van der Waals surface area contributed by atoms with Gasteiger partial charge in [-0.15, -0.1) is 0 Å². The van der Waals surface area contributed by atoms with Gasteiger partial charge in [-0.05, 0) is 92.9 Å². The van der Waals surface area contributed by atoms with Gasteiger partial charge < -0.3 is 4.57 Å². The molecule has 10 aromatic rings. The van der Waals surface area contributed by atoms with Crippen molar-refractivity contribution in [2.75, 3.05) is 0 Å². The Morgan fingerprint density at radius 2 is 0.966 bits per heavy atom. The number of allylic oxidation sites excluding steroid dienone is 1. The highest BCUT2D eigenvalue weighted by molar-refractivity contribution is 6.06. The Hall–Kier alpha value is -7.62. The first kappa shape index (κ1) is 34.6. The molecule has 59 heavy (non-hydrogen) atoms. The summed E-state index contributed by atoms with van der Waals surface area (Å²) in [6.45, 7) is 0. The highest BCUT2D eigenvalue weighted by Gasteiger charge is 2.22. The van der Waals surface area contributed by atoms with Crippen molar-refractivity contribution in [3.8, 4) is 73.0 Å². The lowest BCUT2D eigenvalue weighted by molar-refractivity contribution is 0.968. The molecule has 1 aliphatic rings. The fraction of sp³-hybridized carbons (Fsp3) is 0.0357. The van der Waals surface area contributed by atoms with E-state index in [0.29, 0.717) is 5.82 Å². The third kappa shape index (κ3) is 6.25. The molecular weight excluding hydrogens is 715 g/mol. The molecule has 0 unspecified atom stereocenters. The lowest BCUT2D eigenvalue weighted by atomic mass is 9.91. The van der Waals surface area contributed by atoms with Crippen LogP contribution in [-0.2, 0) is 6.42 Å². The zero-order chi connectivity index (χ0) is 39.1. The zero-order valence-corrected chi connectivity index (χ0v) is 32.5. The molecule has 0 atom stereocenters. The number of nitrogens with zero attached hydrogens (tertiary/aromatic N) is 3. The van der Waals surface area contributed by atoms with E-state index in [1.807, 2.05) is 18.2 Å². The second-order valence-electron chi connectivity index (χ2n) is 15.2. The largest absolute Gasteiger partial charge is 0.310 e. The SMILES string of the molecule is C1=Cc2c(c3c(-c4ccc(-c5ccc(-c6cc(-c7ccc(-c8ccccc8)cc7)nc(-c7ccccc7)n6)c6ccccc56)cc4)cccc3n2-c2ccccc2)CC1. The van der Waals surface area contributed by atoms with Crippen LogP contribution in [0.2, 0.25) is 0 Å². The number of fused-ring (bicyclic) bond motifs is 4. The van der Waals surface area contributed by atoms with Gasteiger partial charge in [0.05, 0.1) is 16.9 Å². The van der Waals surface area contributed by atoms with Gasteiger partial charge in [-0.1, -0.05) is 182 Å². The molecule has 0 spiro atoms. The number of hydrogen-bond donors (Lipinski definition) is 0. The normalized spacial score (nSPS) is 12.2. The number of aromatic nitrogens is 3. The summed E-state index contributed by atoms with van der Waals surface area (Å²) in [6, 6.07) is 71.4. The molecule has 3 nitrogen and oxygen atoms in total. The highest BCUT2D eigenvalue weighted by atomic mass is 15.0. The molecule has 0 aliphatic heterocycles. The maximum atomic E-state index is 5.22. The molecule has 8 aromatic carbocycles. The van der Waals surface area contributed by atoms with Gasteiger partial charge in [0.2, 0.25) is 0 Å². The average molecular weight is 754 g/mol. The van der Waals surface area contributed by atoms with E-state index in [1.165, 1.54) is 66.6 Å². The van der Waals surface area contributed by atoms with Gasteiger partial charge in [-0.2, -0.15) is 0 Å². The van der Waals surface area contributed by atoms with Crippen LogP contribution in [0.4, 0.5) is 0 Å². The molecule has 0 saturated carbocycles. The Morgan fingerprint density at radius 3 is 1.69 bits per heavy atom. The van der Waals surface area contributed by atoms with E-state index >= 15 is 0 Å². The van der Waals surface area contributed by atoms with Crippen molar-refractivity contribution in [3.63, 3.8) is 0 Å². The zero-order valence-electron chi connectivity index (χ0n) is 32.5. The molecule has 11 rings (SSSR count). The van der Waals surface area contributed by atoms with Crippen LogP contribution in [-0.4, -0.2) is 14.5 Å². The molecule has 278 valence electrons. The first-order valence-electron chi connectivity index (χ1n) is 20.4. The summed E-state index contributed by atoms with van der Waals surface area (Å²) < 4.78 is 2.43. The van der Waals surface area contributed by atoms with Gasteiger partial charge >= 0.3 is 0 Å². The van der Waals surface area contributed by atoms with Gasteiger partial charge in [-0.3, -0.25) is 0 Å². The molecule has 3 heteroatoms. The number of aryl methyl sites for hydroxylation is 1. The molecule has 2 aromatic heterocycles. The van der Waals surface area contributed by atoms with E-state index in [0.717, 1.165) is 46.3 Å². The van der Waals surface area contributed by atoms with Gasteiger partial charge in [0.1, 0.15) is 0 Å². The molecule has 0 radical (unpaired) electrons. The number of rotatable bonds is 7. The van der Waals surface area contributed by atoms with Crippen LogP contribution < -0.4 is 0 Å². The Balaban J connectivity index is 0.993. The number of benzene rings is 8. The fourth-order valence-corrected chi connectivity index (χ4v) is 8.90. The highest BCUT2D eigenvalue weighted by Crippen LogP contribution is 2.41. The second kappa shape index (κ2) is 14.7. The van der Waals surface area contributed by atoms with Gasteiger partial charge in [0.25, 0.3) is 0 Å². The van der Waals surface area contributed by atoms with Crippen molar-refractivity contribution < 1.29 is 0 Å². The lowest BCUT2D eigenvalue weighted by Gasteiger charge is -2.14. The Labute approximate surface area is 344 Å². The van der Waals surface area contributed by atoms with Crippen LogP contribution in [0.15, 0.2) is 206 Å². The van der Waals surface area contributed by atoms with Crippen LogP contribution in [0.1, 0.15) is 17.7 Å². The van der Waals surface area contributed by atoms with E-state index < -0.39 is 0 Å². The summed E-state index contributed by atoms with van der Waals surface area (Å²) in [7, 11) is 0. The first-order chi connectivity index (χ1) is 29.3. The number of para-hydroxylation sites is 1. The van der Waals surface area contributed by atoms with E-state index in [9.17, 15) is 0 Å². The summed E-state index contributed by atoms with van der Waals surface area (Å²) in [6.07, 6.45) is 6.71. The maximum absolute atomic E-state index is 5.22. The predicted molar refractivity (Wildman–Crippen MR) is 246 cm³/mol. The number of hydrogen-bond acceptors (Lipinski definition) is 2. The van der Waals surface area contributed by atoms with Crippen LogP contribution in [0.5, 0.6) is 0 Å². The maximum Gasteiger partial charge on any atom is 0.160 e. The molecule has 0 saturated heterocycles. The van der Waals surface area contributed by atoms with Crippen molar-refractivity contribution in [1.82, 2.24) is 14.5 Å². The van der Waals surface area contributed by atoms with E-state index in [2.05, 4.69) is 199 Å². The third-order valence-electron chi connectivity index (χ3n) is 11.7. The summed E-state index contributed by atoms with van der Waals surface area (Å²) >= 11 is 0. The molecule has 1 aliphatic carbocycles. The Morgan fingerprint density at radius 1 is 0.407 bits per heavy atom. The second-order valence-corrected chi connectivity index (χ2v) is 15.2. The lowest BCUT2D eigenvalue weighted by Crippen LogP contribution is -1.99. The molecule has 0 amide bonds. The van der Waals surface area contributed by atoms with Crippen molar-refractivity contribution in [2.45, 2.75) is 12.8 Å². The molecular formula is C56H39N3. The smallest absolute Gasteiger partial charge is 0.160 e. The van der Waals surface area contributed by atoms with Crippen LogP contribution in [0.25, 0.3) is 101 Å². The van der Waals surface area contributed by atoms with E-state index in [-0.39, 0.29) is 0 Å². The van der Waals surface area contributed by atoms with Crippen LogP contribution in [0, 0.1) is 0 Å². The van der Waals surface area contributed by atoms with Crippen molar-refractivity contribution in [1.29, 1.82) is 0 Å². The minimum atomic E-state index is 0.709. The van der Waals surface area contributed by atoms with E-state index in [4.69, 9.17) is 9.97 Å². The Kier molecular flexibility index (Phi) is 8.63. The van der Waals surface area contributed by atoms with E-state index in [1.54, 1.807) is 0 Å². The summed E-state index contributed by atoms with van der Waals surface area (Å²) in [5.74, 6) is 0.709.